The van der Waals surface area contributed by atoms with Gasteiger partial charge in [-0.15, -0.1) is 0 Å². The predicted molar refractivity (Wildman–Crippen MR) is 70.2 cm³/mol. The molecule has 1 aromatic rings. The molecular weight excluding hydrogens is 283 g/mol. The summed E-state index contributed by atoms with van der Waals surface area (Å²) in [6.07, 6.45) is -1.97. The molecule has 21 heavy (non-hydrogen) atoms. The van der Waals surface area contributed by atoms with Crippen molar-refractivity contribution in [1.29, 1.82) is 5.26 Å². The molecule has 1 aliphatic carbocycles. The Bertz CT molecular complexity index is 600. The van der Waals surface area contributed by atoms with Crippen molar-refractivity contribution < 1.29 is 18.0 Å². The minimum atomic E-state index is -4.53. The standard InChI is InChI=1S/C14H14F3N3O/c15-14(16,17)10-2-3-11(9(6-10)8-18)20-12(21)7-13(19)4-1-5-13/h2-3,6H,1,4-5,7,19H2,(H,20,21). The summed E-state index contributed by atoms with van der Waals surface area (Å²) < 4.78 is 37.7. The van der Waals surface area contributed by atoms with Gasteiger partial charge in [0.05, 0.1) is 16.8 Å². The first-order valence-corrected chi connectivity index (χ1v) is 6.44. The van der Waals surface area contributed by atoms with Crippen molar-refractivity contribution in [2.24, 2.45) is 5.73 Å². The van der Waals surface area contributed by atoms with Gasteiger partial charge in [-0.25, -0.2) is 0 Å². The molecular formula is C14H14F3N3O. The summed E-state index contributed by atoms with van der Waals surface area (Å²) in [5.41, 5.74) is 4.33. The lowest BCUT2D eigenvalue weighted by molar-refractivity contribution is -0.137. The van der Waals surface area contributed by atoms with Crippen LogP contribution in [-0.2, 0) is 11.0 Å². The minimum absolute atomic E-state index is 0.0680. The first kappa shape index (κ1) is 15.3. The number of nitrogens with two attached hydrogens (primary N) is 1. The second kappa shape index (κ2) is 5.37. The number of benzene rings is 1. The number of hydrogen-bond acceptors (Lipinski definition) is 3. The maximum absolute atomic E-state index is 12.6. The number of halogens is 3. The van der Waals surface area contributed by atoms with Crippen LogP contribution in [0.25, 0.3) is 0 Å². The molecule has 0 aliphatic heterocycles. The van der Waals surface area contributed by atoms with Gasteiger partial charge in [-0.2, -0.15) is 18.4 Å². The van der Waals surface area contributed by atoms with Crippen LogP contribution in [0.4, 0.5) is 18.9 Å². The third-order valence-electron chi connectivity index (χ3n) is 3.60. The highest BCUT2D eigenvalue weighted by molar-refractivity contribution is 5.93. The van der Waals surface area contributed by atoms with Gasteiger partial charge in [0, 0.05) is 12.0 Å². The van der Waals surface area contributed by atoms with Crippen LogP contribution in [-0.4, -0.2) is 11.4 Å². The van der Waals surface area contributed by atoms with E-state index in [4.69, 9.17) is 11.0 Å². The van der Waals surface area contributed by atoms with Crippen LogP contribution >= 0.6 is 0 Å². The quantitative estimate of drug-likeness (QED) is 0.900. The van der Waals surface area contributed by atoms with E-state index >= 15 is 0 Å². The van der Waals surface area contributed by atoms with Gasteiger partial charge >= 0.3 is 6.18 Å². The van der Waals surface area contributed by atoms with Crippen LogP contribution in [0.3, 0.4) is 0 Å². The van der Waals surface area contributed by atoms with E-state index in [-0.39, 0.29) is 17.7 Å². The van der Waals surface area contributed by atoms with E-state index in [9.17, 15) is 18.0 Å². The Hall–Kier alpha value is -2.07. The van der Waals surface area contributed by atoms with Crippen LogP contribution in [0, 0.1) is 11.3 Å². The number of carbonyl (C=O) groups excluding carboxylic acids is 1. The number of amides is 1. The van der Waals surface area contributed by atoms with E-state index in [2.05, 4.69) is 5.32 Å². The van der Waals surface area contributed by atoms with Crippen molar-refractivity contribution in [3.63, 3.8) is 0 Å². The average molecular weight is 297 g/mol. The second-order valence-electron chi connectivity index (χ2n) is 5.31. The summed E-state index contributed by atoms with van der Waals surface area (Å²) in [5.74, 6) is -0.395. The largest absolute Gasteiger partial charge is 0.416 e. The zero-order valence-corrected chi connectivity index (χ0v) is 11.1. The van der Waals surface area contributed by atoms with Gasteiger partial charge in [-0.1, -0.05) is 0 Å². The lowest BCUT2D eigenvalue weighted by Gasteiger charge is -2.37. The van der Waals surface area contributed by atoms with Crippen molar-refractivity contribution in [3.05, 3.63) is 29.3 Å². The summed E-state index contributed by atoms with van der Waals surface area (Å²) in [6, 6.07) is 4.30. The topological polar surface area (TPSA) is 78.9 Å². The van der Waals surface area contributed by atoms with Gasteiger partial charge in [0.2, 0.25) is 5.91 Å². The number of hydrogen-bond donors (Lipinski definition) is 2. The number of nitriles is 1. The summed E-state index contributed by atoms with van der Waals surface area (Å²) in [7, 11) is 0. The molecule has 0 atom stereocenters. The van der Waals surface area contributed by atoms with Gasteiger partial charge in [0.15, 0.2) is 0 Å². The molecule has 1 aromatic carbocycles. The Morgan fingerprint density at radius 2 is 2.10 bits per heavy atom. The maximum atomic E-state index is 12.6. The monoisotopic (exact) mass is 297 g/mol. The fourth-order valence-corrected chi connectivity index (χ4v) is 2.24. The van der Waals surface area contributed by atoms with E-state index < -0.39 is 23.2 Å². The molecule has 1 aliphatic rings. The highest BCUT2D eigenvalue weighted by atomic mass is 19.4. The van der Waals surface area contributed by atoms with E-state index in [0.29, 0.717) is 0 Å². The number of rotatable bonds is 3. The fourth-order valence-electron chi connectivity index (χ4n) is 2.24. The molecule has 0 unspecified atom stereocenters. The summed E-state index contributed by atoms with van der Waals surface area (Å²) in [5, 5.41) is 11.4. The average Bonchev–Trinajstić information content (AvgIpc) is 2.35. The first-order valence-electron chi connectivity index (χ1n) is 6.44. The zero-order valence-electron chi connectivity index (χ0n) is 11.1. The molecule has 3 N–H and O–H groups in total. The molecule has 0 aromatic heterocycles. The smallest absolute Gasteiger partial charge is 0.325 e. The molecule has 0 heterocycles. The van der Waals surface area contributed by atoms with Gasteiger partial charge in [0.25, 0.3) is 0 Å². The molecule has 4 nitrogen and oxygen atoms in total. The molecule has 112 valence electrons. The third-order valence-corrected chi connectivity index (χ3v) is 3.60. The predicted octanol–water partition coefficient (Wildman–Crippen LogP) is 2.79. The molecule has 0 saturated heterocycles. The van der Waals surface area contributed by atoms with Crippen LogP contribution in [0.1, 0.15) is 36.8 Å². The van der Waals surface area contributed by atoms with E-state index in [1.165, 1.54) is 0 Å². The molecule has 0 bridgehead atoms. The van der Waals surface area contributed by atoms with Crippen LogP contribution in [0.5, 0.6) is 0 Å². The van der Waals surface area contributed by atoms with Crippen molar-refractivity contribution in [1.82, 2.24) is 0 Å². The van der Waals surface area contributed by atoms with Gasteiger partial charge in [0.1, 0.15) is 6.07 Å². The van der Waals surface area contributed by atoms with Crippen molar-refractivity contribution in [3.8, 4) is 6.07 Å². The summed E-state index contributed by atoms with van der Waals surface area (Å²) in [4.78, 5) is 11.8. The molecule has 1 amide bonds. The molecule has 0 radical (unpaired) electrons. The maximum Gasteiger partial charge on any atom is 0.416 e. The molecule has 2 rings (SSSR count). The minimum Gasteiger partial charge on any atom is -0.325 e. The molecule has 0 spiro atoms. The van der Waals surface area contributed by atoms with E-state index in [1.54, 1.807) is 6.07 Å². The number of nitrogens with one attached hydrogen (secondary N) is 1. The number of alkyl halides is 3. The van der Waals surface area contributed by atoms with Crippen LogP contribution in [0.15, 0.2) is 18.2 Å². The third kappa shape index (κ3) is 3.52. The fraction of sp³-hybridized carbons (Fsp3) is 0.429. The molecule has 1 saturated carbocycles. The van der Waals surface area contributed by atoms with Gasteiger partial charge in [-0.05, 0) is 37.5 Å². The van der Waals surface area contributed by atoms with Crippen LogP contribution in [0.2, 0.25) is 0 Å². The van der Waals surface area contributed by atoms with Gasteiger partial charge in [-0.3, -0.25) is 4.79 Å². The number of carbonyl (C=O) groups is 1. The Kier molecular flexibility index (Phi) is 3.92. The van der Waals surface area contributed by atoms with Crippen molar-refractivity contribution in [2.75, 3.05) is 5.32 Å². The Morgan fingerprint density at radius 3 is 2.57 bits per heavy atom. The Morgan fingerprint density at radius 1 is 1.43 bits per heavy atom. The zero-order chi connectivity index (χ0) is 15.7. The lowest BCUT2D eigenvalue weighted by atomic mass is 9.75. The highest BCUT2D eigenvalue weighted by Gasteiger charge is 2.35. The van der Waals surface area contributed by atoms with E-state index in [0.717, 1.165) is 37.5 Å². The van der Waals surface area contributed by atoms with E-state index in [1.807, 2.05) is 0 Å². The molecule has 7 heteroatoms. The Labute approximate surface area is 119 Å². The first-order chi connectivity index (χ1) is 9.73. The van der Waals surface area contributed by atoms with Crippen LogP contribution < -0.4 is 11.1 Å². The number of nitrogens with zero attached hydrogens (tertiary/aromatic N) is 1. The second-order valence-corrected chi connectivity index (χ2v) is 5.31. The molecule has 1 fully saturated rings. The summed E-state index contributed by atoms with van der Waals surface area (Å²) in [6.45, 7) is 0. The van der Waals surface area contributed by atoms with Gasteiger partial charge < -0.3 is 11.1 Å². The van der Waals surface area contributed by atoms with Crippen molar-refractivity contribution >= 4 is 11.6 Å². The Balaban J connectivity index is 2.13. The lowest BCUT2D eigenvalue weighted by Crippen LogP contribution is -2.48. The van der Waals surface area contributed by atoms with Crippen molar-refractivity contribution in [2.45, 2.75) is 37.4 Å². The number of anilines is 1. The normalized spacial score (nSPS) is 16.7. The highest BCUT2D eigenvalue weighted by Crippen LogP contribution is 2.33. The SMILES string of the molecule is N#Cc1cc(C(F)(F)F)ccc1NC(=O)CC1(N)CCC1. The summed E-state index contributed by atoms with van der Waals surface area (Å²) >= 11 is 0.